The van der Waals surface area contributed by atoms with E-state index in [1.165, 1.54) is 12.1 Å². The number of amides is 1. The van der Waals surface area contributed by atoms with Gasteiger partial charge in [0.05, 0.1) is 4.90 Å². The number of carbonyl (C=O) groups is 1. The molecule has 0 spiro atoms. The average molecular weight is 285 g/mol. The Morgan fingerprint density at radius 1 is 1.26 bits per heavy atom. The van der Waals surface area contributed by atoms with Crippen molar-refractivity contribution in [1.29, 1.82) is 0 Å². The van der Waals surface area contributed by atoms with Crippen LogP contribution in [0.1, 0.15) is 24.5 Å². The van der Waals surface area contributed by atoms with Crippen LogP contribution in [-0.4, -0.2) is 32.3 Å². The van der Waals surface area contributed by atoms with Gasteiger partial charge in [0.1, 0.15) is 0 Å². The first kappa shape index (κ1) is 14.0. The Morgan fingerprint density at radius 3 is 2.47 bits per heavy atom. The third-order valence-corrected chi connectivity index (χ3v) is 4.23. The van der Waals surface area contributed by atoms with Gasteiger partial charge < -0.3 is 4.90 Å². The van der Waals surface area contributed by atoms with Crippen molar-refractivity contribution in [2.75, 3.05) is 13.1 Å². The standard InChI is InChI=1S/C13H16FNO3S/c1-2-13(16)15-7-5-10-3-4-12(19(14,17)18)9-11(10)6-8-15/h3-4,9H,2,5-8H2,1H3. The van der Waals surface area contributed by atoms with Crippen molar-refractivity contribution in [3.63, 3.8) is 0 Å². The van der Waals surface area contributed by atoms with Crippen LogP contribution in [0, 0.1) is 0 Å². The SMILES string of the molecule is CCC(=O)N1CCc2ccc(S(=O)(=O)F)cc2CC1. The van der Waals surface area contributed by atoms with Crippen molar-refractivity contribution in [1.82, 2.24) is 4.90 Å². The first-order valence-electron chi connectivity index (χ1n) is 6.26. The molecule has 6 heteroatoms. The van der Waals surface area contributed by atoms with Crippen molar-refractivity contribution >= 4 is 16.1 Å². The minimum absolute atomic E-state index is 0.0890. The van der Waals surface area contributed by atoms with E-state index >= 15 is 0 Å². The Morgan fingerprint density at radius 2 is 1.89 bits per heavy atom. The largest absolute Gasteiger partial charge is 0.342 e. The molecule has 0 N–H and O–H groups in total. The second-order valence-electron chi connectivity index (χ2n) is 4.60. The van der Waals surface area contributed by atoms with Gasteiger partial charge in [-0.25, -0.2) is 0 Å². The minimum Gasteiger partial charge on any atom is -0.342 e. The maximum absolute atomic E-state index is 13.0. The molecule has 0 bridgehead atoms. The summed E-state index contributed by atoms with van der Waals surface area (Å²) in [6.45, 7) is 2.99. The van der Waals surface area contributed by atoms with Crippen LogP contribution >= 0.6 is 0 Å². The van der Waals surface area contributed by atoms with Crippen molar-refractivity contribution in [2.45, 2.75) is 31.1 Å². The van der Waals surface area contributed by atoms with Gasteiger partial charge in [0.2, 0.25) is 5.91 Å². The van der Waals surface area contributed by atoms with Gasteiger partial charge >= 0.3 is 10.2 Å². The lowest BCUT2D eigenvalue weighted by molar-refractivity contribution is -0.130. The van der Waals surface area contributed by atoms with Crippen LogP contribution in [0.4, 0.5) is 3.89 Å². The molecule has 0 atom stereocenters. The molecule has 1 heterocycles. The molecule has 0 fully saturated rings. The Balaban J connectivity index is 2.26. The molecule has 0 saturated carbocycles. The molecule has 1 aromatic rings. The first-order chi connectivity index (χ1) is 8.91. The normalized spacial score (nSPS) is 15.8. The molecule has 1 aliphatic rings. The molecular formula is C13H16FNO3S. The Kier molecular flexibility index (Phi) is 3.89. The number of hydrogen-bond acceptors (Lipinski definition) is 3. The highest BCUT2D eigenvalue weighted by atomic mass is 32.3. The van der Waals surface area contributed by atoms with E-state index in [1.807, 2.05) is 6.92 Å². The van der Waals surface area contributed by atoms with Gasteiger partial charge in [0.15, 0.2) is 0 Å². The minimum atomic E-state index is -4.66. The fourth-order valence-electron chi connectivity index (χ4n) is 2.33. The molecule has 1 aromatic carbocycles. The molecule has 0 aliphatic carbocycles. The van der Waals surface area contributed by atoms with E-state index in [0.29, 0.717) is 32.4 Å². The number of halogens is 1. The summed E-state index contributed by atoms with van der Waals surface area (Å²) in [5, 5.41) is 0. The predicted octanol–water partition coefficient (Wildman–Crippen LogP) is 1.68. The number of benzene rings is 1. The molecule has 2 rings (SSSR count). The van der Waals surface area contributed by atoms with E-state index in [2.05, 4.69) is 0 Å². The highest BCUT2D eigenvalue weighted by Gasteiger charge is 2.19. The molecule has 104 valence electrons. The zero-order valence-electron chi connectivity index (χ0n) is 10.7. The van der Waals surface area contributed by atoms with E-state index in [1.54, 1.807) is 11.0 Å². The van der Waals surface area contributed by atoms with Crippen molar-refractivity contribution in [3.05, 3.63) is 29.3 Å². The monoisotopic (exact) mass is 285 g/mol. The Bertz CT molecular complexity index is 598. The van der Waals surface area contributed by atoms with Gasteiger partial charge in [-0.1, -0.05) is 13.0 Å². The predicted molar refractivity (Wildman–Crippen MR) is 69.0 cm³/mol. The molecule has 1 amide bonds. The zero-order chi connectivity index (χ0) is 14.0. The van der Waals surface area contributed by atoms with Crippen LogP contribution in [0.3, 0.4) is 0 Å². The summed E-state index contributed by atoms with van der Waals surface area (Å²) in [5.41, 5.74) is 1.80. The molecule has 0 unspecified atom stereocenters. The van der Waals surface area contributed by atoms with Gasteiger partial charge in [0.25, 0.3) is 0 Å². The zero-order valence-corrected chi connectivity index (χ0v) is 11.5. The van der Waals surface area contributed by atoms with Crippen molar-refractivity contribution in [2.24, 2.45) is 0 Å². The second-order valence-corrected chi connectivity index (χ2v) is 5.95. The second kappa shape index (κ2) is 5.28. The van der Waals surface area contributed by atoms with Gasteiger partial charge in [-0.15, -0.1) is 3.89 Å². The number of hydrogen-bond donors (Lipinski definition) is 0. The van der Waals surface area contributed by atoms with Crippen LogP contribution in [0.15, 0.2) is 23.1 Å². The lowest BCUT2D eigenvalue weighted by Gasteiger charge is -2.19. The van der Waals surface area contributed by atoms with E-state index in [9.17, 15) is 17.1 Å². The number of rotatable bonds is 2. The molecular weight excluding hydrogens is 269 g/mol. The van der Waals surface area contributed by atoms with Gasteiger partial charge in [-0.05, 0) is 36.1 Å². The molecule has 1 aliphatic heterocycles. The molecule has 0 aromatic heterocycles. The number of fused-ring (bicyclic) bond motifs is 1. The number of carbonyl (C=O) groups excluding carboxylic acids is 1. The lowest BCUT2D eigenvalue weighted by Crippen LogP contribution is -2.32. The third-order valence-electron chi connectivity index (χ3n) is 3.42. The van der Waals surface area contributed by atoms with Gasteiger partial charge in [-0.3, -0.25) is 4.79 Å². The van der Waals surface area contributed by atoms with Gasteiger partial charge in [0, 0.05) is 19.5 Å². The first-order valence-corrected chi connectivity index (χ1v) is 7.64. The summed E-state index contributed by atoms with van der Waals surface area (Å²) in [6.07, 6.45) is 1.69. The maximum Gasteiger partial charge on any atom is 0.332 e. The topological polar surface area (TPSA) is 54.5 Å². The van der Waals surface area contributed by atoms with Crippen LogP contribution < -0.4 is 0 Å². The van der Waals surface area contributed by atoms with E-state index in [4.69, 9.17) is 0 Å². The van der Waals surface area contributed by atoms with Crippen LogP contribution in [0.5, 0.6) is 0 Å². The van der Waals surface area contributed by atoms with E-state index in [-0.39, 0.29) is 10.8 Å². The van der Waals surface area contributed by atoms with Gasteiger partial charge in [-0.2, -0.15) is 8.42 Å². The highest BCUT2D eigenvalue weighted by molar-refractivity contribution is 7.86. The molecule has 19 heavy (non-hydrogen) atoms. The third kappa shape index (κ3) is 3.12. The molecule has 0 saturated heterocycles. The number of nitrogens with zero attached hydrogens (tertiary/aromatic N) is 1. The summed E-state index contributed by atoms with van der Waals surface area (Å²) in [5.74, 6) is 0.0890. The van der Waals surface area contributed by atoms with E-state index < -0.39 is 10.2 Å². The fraction of sp³-hybridized carbons (Fsp3) is 0.462. The Labute approximate surface area is 112 Å². The Hall–Kier alpha value is -1.43. The summed E-state index contributed by atoms with van der Waals surface area (Å²) < 4.78 is 34.7. The van der Waals surface area contributed by atoms with Crippen LogP contribution in [0.2, 0.25) is 0 Å². The summed E-state index contributed by atoms with van der Waals surface area (Å²) in [6, 6.07) is 4.30. The smallest absolute Gasteiger partial charge is 0.332 e. The maximum atomic E-state index is 13.0. The quantitative estimate of drug-likeness (QED) is 0.777. The summed E-state index contributed by atoms with van der Waals surface area (Å²) >= 11 is 0. The van der Waals surface area contributed by atoms with Crippen LogP contribution in [-0.2, 0) is 27.9 Å². The van der Waals surface area contributed by atoms with Crippen molar-refractivity contribution in [3.8, 4) is 0 Å². The average Bonchev–Trinajstić information content (AvgIpc) is 2.58. The molecule has 4 nitrogen and oxygen atoms in total. The summed E-state index contributed by atoms with van der Waals surface area (Å²) in [4.78, 5) is 13.1. The lowest BCUT2D eigenvalue weighted by atomic mass is 10.0. The van der Waals surface area contributed by atoms with E-state index in [0.717, 1.165) is 11.1 Å². The van der Waals surface area contributed by atoms with Crippen molar-refractivity contribution < 1.29 is 17.1 Å². The van der Waals surface area contributed by atoms with Crippen LogP contribution in [0.25, 0.3) is 0 Å². The summed E-state index contributed by atoms with van der Waals surface area (Å²) in [7, 11) is -4.66. The molecule has 0 radical (unpaired) electrons. The fourth-order valence-corrected chi connectivity index (χ4v) is 2.84. The highest BCUT2D eigenvalue weighted by Crippen LogP contribution is 2.21.